The van der Waals surface area contributed by atoms with Crippen LogP contribution in [-0.4, -0.2) is 35.7 Å². The second kappa shape index (κ2) is 4.83. The molecule has 2 nitrogen and oxygen atoms in total. The Hall–Kier alpha value is -0.0800. The van der Waals surface area contributed by atoms with Crippen LogP contribution < -0.4 is 0 Å². The lowest BCUT2D eigenvalue weighted by atomic mass is 10.0. The molecule has 1 saturated heterocycles. The number of piperidine rings is 1. The van der Waals surface area contributed by atoms with E-state index in [1.165, 1.54) is 25.2 Å². The third-order valence-electron chi connectivity index (χ3n) is 2.48. The van der Waals surface area contributed by atoms with E-state index in [1.54, 1.807) is 0 Å². The van der Waals surface area contributed by atoms with Gasteiger partial charge in [0.1, 0.15) is 0 Å². The average molecular weight is 170 g/mol. The van der Waals surface area contributed by atoms with Crippen LogP contribution >= 0.6 is 0 Å². The number of hydrogen-bond acceptors (Lipinski definition) is 2. The van der Waals surface area contributed by atoms with Gasteiger partial charge in [-0.1, -0.05) is 20.3 Å². The Morgan fingerprint density at radius 2 is 2.17 bits per heavy atom. The molecular weight excluding hydrogens is 150 g/mol. The van der Waals surface area contributed by atoms with Crippen LogP contribution in [0.4, 0.5) is 0 Å². The predicted octanol–water partition coefficient (Wildman–Crippen LogP) is 1.45. The normalized spacial score (nSPS) is 26.5. The van der Waals surface area contributed by atoms with E-state index in [4.69, 9.17) is 5.11 Å². The van der Waals surface area contributed by atoms with E-state index in [0.717, 1.165) is 13.1 Å². The smallest absolute Gasteiger partial charge is 0.0586 e. The topological polar surface area (TPSA) is 23.5 Å². The van der Waals surface area contributed by atoms with Gasteiger partial charge in [-0.2, -0.15) is 0 Å². The maximum Gasteiger partial charge on any atom is 0.0586 e. The van der Waals surface area contributed by atoms with Crippen molar-refractivity contribution in [2.75, 3.05) is 19.7 Å². The van der Waals surface area contributed by atoms with Gasteiger partial charge in [0, 0.05) is 12.6 Å². The van der Waals surface area contributed by atoms with Gasteiger partial charge in [-0.05, 0) is 25.3 Å². The summed E-state index contributed by atoms with van der Waals surface area (Å²) in [5.74, 6) is 1.44. The Balaban J connectivity index is 2.36. The van der Waals surface area contributed by atoms with Crippen LogP contribution in [0.2, 0.25) is 0 Å². The maximum absolute atomic E-state index is 9.12. The first-order valence-electron chi connectivity index (χ1n) is 4.88. The number of likely N-dealkylation sites (tertiary alicyclic amines) is 1. The van der Waals surface area contributed by atoms with Crippen molar-refractivity contribution in [2.24, 2.45) is 0 Å². The Morgan fingerprint density at radius 3 is 2.75 bits per heavy atom. The van der Waals surface area contributed by atoms with Gasteiger partial charge in [0.25, 0.3) is 0 Å². The molecule has 1 rings (SSSR count). The average Bonchev–Trinajstić information content (AvgIpc) is 2.04. The number of aliphatic hydroxyl groups excluding tert-OH is 1. The fourth-order valence-corrected chi connectivity index (χ4v) is 1.88. The second-order valence-electron chi connectivity index (χ2n) is 4.01. The summed E-state index contributed by atoms with van der Waals surface area (Å²) in [7, 11) is 0. The van der Waals surface area contributed by atoms with Crippen LogP contribution in [0.3, 0.4) is 0 Å². The molecule has 0 aromatic heterocycles. The summed E-state index contributed by atoms with van der Waals surface area (Å²) < 4.78 is 0. The Kier molecular flexibility index (Phi) is 4.02. The summed E-state index contributed by atoms with van der Waals surface area (Å²) in [5.41, 5.74) is 0. The molecule has 0 spiro atoms. The van der Waals surface area contributed by atoms with Gasteiger partial charge in [0.2, 0.25) is 0 Å². The summed E-state index contributed by atoms with van der Waals surface area (Å²) in [6.07, 6.45) is 3.75. The standard InChI is InChI=1S/C10H20NO/c1-9(2)7-11-6-4-3-5-10(11)8-12/h10,12H,3-8H2,1-2H3/t10-/m0/s1. The van der Waals surface area contributed by atoms with Gasteiger partial charge in [0.15, 0.2) is 0 Å². The number of aliphatic hydroxyl groups is 1. The summed E-state index contributed by atoms with van der Waals surface area (Å²) >= 11 is 0. The predicted molar refractivity (Wildman–Crippen MR) is 50.9 cm³/mol. The summed E-state index contributed by atoms with van der Waals surface area (Å²) in [4.78, 5) is 2.40. The summed E-state index contributed by atoms with van der Waals surface area (Å²) in [6.45, 7) is 6.86. The van der Waals surface area contributed by atoms with Crippen molar-refractivity contribution in [3.8, 4) is 0 Å². The summed E-state index contributed by atoms with van der Waals surface area (Å²) in [5, 5.41) is 9.12. The molecule has 0 aromatic carbocycles. The minimum atomic E-state index is 0.327. The van der Waals surface area contributed by atoms with E-state index in [-0.39, 0.29) is 0 Å². The molecular formula is C10H20NO. The lowest BCUT2D eigenvalue weighted by molar-refractivity contribution is 0.0944. The van der Waals surface area contributed by atoms with E-state index in [9.17, 15) is 0 Å². The molecule has 0 amide bonds. The summed E-state index contributed by atoms with van der Waals surface area (Å²) in [6, 6.07) is 0.425. The molecule has 71 valence electrons. The van der Waals surface area contributed by atoms with Crippen molar-refractivity contribution in [3.05, 3.63) is 5.92 Å². The van der Waals surface area contributed by atoms with Gasteiger partial charge >= 0.3 is 0 Å². The first-order valence-corrected chi connectivity index (χ1v) is 4.88. The van der Waals surface area contributed by atoms with Gasteiger partial charge in [-0.3, -0.25) is 4.90 Å². The minimum Gasteiger partial charge on any atom is -0.395 e. The van der Waals surface area contributed by atoms with Crippen LogP contribution in [0.15, 0.2) is 0 Å². The molecule has 12 heavy (non-hydrogen) atoms. The zero-order chi connectivity index (χ0) is 8.97. The molecule has 0 saturated carbocycles. The van der Waals surface area contributed by atoms with Crippen molar-refractivity contribution in [3.63, 3.8) is 0 Å². The first-order chi connectivity index (χ1) is 5.74. The molecule has 1 N–H and O–H groups in total. The van der Waals surface area contributed by atoms with Crippen LogP contribution in [0.5, 0.6) is 0 Å². The van der Waals surface area contributed by atoms with Crippen LogP contribution in [0.1, 0.15) is 33.1 Å². The molecule has 0 aromatic rings. The molecule has 1 atom stereocenters. The Bertz CT molecular complexity index is 125. The third kappa shape index (κ3) is 2.76. The highest BCUT2D eigenvalue weighted by Crippen LogP contribution is 2.17. The molecule has 0 aliphatic carbocycles. The molecule has 2 heteroatoms. The molecule has 1 aliphatic rings. The molecule has 1 radical (unpaired) electrons. The quantitative estimate of drug-likeness (QED) is 0.693. The Labute approximate surface area is 75.6 Å². The van der Waals surface area contributed by atoms with Crippen molar-refractivity contribution in [1.29, 1.82) is 0 Å². The highest BCUT2D eigenvalue weighted by molar-refractivity contribution is 4.86. The molecule has 0 bridgehead atoms. The lowest BCUT2D eigenvalue weighted by Crippen LogP contribution is -2.43. The minimum absolute atomic E-state index is 0.327. The zero-order valence-corrected chi connectivity index (χ0v) is 8.21. The number of nitrogens with zero attached hydrogens (tertiary/aromatic N) is 1. The van der Waals surface area contributed by atoms with Crippen molar-refractivity contribution in [1.82, 2.24) is 4.90 Å². The fraction of sp³-hybridized carbons (Fsp3) is 0.900. The van der Waals surface area contributed by atoms with Gasteiger partial charge in [-0.15, -0.1) is 0 Å². The van der Waals surface area contributed by atoms with Crippen LogP contribution in [0, 0.1) is 5.92 Å². The van der Waals surface area contributed by atoms with E-state index in [0.29, 0.717) is 12.6 Å². The maximum atomic E-state index is 9.12. The highest BCUT2D eigenvalue weighted by atomic mass is 16.3. The number of rotatable bonds is 3. The van der Waals surface area contributed by atoms with E-state index < -0.39 is 0 Å². The van der Waals surface area contributed by atoms with E-state index >= 15 is 0 Å². The van der Waals surface area contributed by atoms with Gasteiger partial charge in [0.05, 0.1) is 6.61 Å². The van der Waals surface area contributed by atoms with E-state index in [2.05, 4.69) is 18.7 Å². The van der Waals surface area contributed by atoms with Gasteiger partial charge < -0.3 is 5.11 Å². The largest absolute Gasteiger partial charge is 0.395 e. The molecule has 0 unspecified atom stereocenters. The lowest BCUT2D eigenvalue weighted by Gasteiger charge is -2.35. The van der Waals surface area contributed by atoms with Crippen LogP contribution in [0.25, 0.3) is 0 Å². The second-order valence-corrected chi connectivity index (χ2v) is 4.01. The Morgan fingerprint density at radius 1 is 1.42 bits per heavy atom. The molecule has 1 fully saturated rings. The van der Waals surface area contributed by atoms with E-state index in [1.807, 2.05) is 0 Å². The SMILES string of the molecule is C[C](C)CN1CCCC[C@H]1CO. The van der Waals surface area contributed by atoms with Gasteiger partial charge in [-0.25, -0.2) is 0 Å². The monoisotopic (exact) mass is 170 g/mol. The highest BCUT2D eigenvalue weighted by Gasteiger charge is 2.21. The van der Waals surface area contributed by atoms with Crippen LogP contribution in [-0.2, 0) is 0 Å². The first kappa shape index (κ1) is 10.0. The number of hydrogen-bond donors (Lipinski definition) is 1. The third-order valence-corrected chi connectivity index (χ3v) is 2.48. The molecule has 1 heterocycles. The van der Waals surface area contributed by atoms with Crippen molar-refractivity contribution in [2.45, 2.75) is 39.2 Å². The molecule has 1 aliphatic heterocycles. The zero-order valence-electron chi connectivity index (χ0n) is 8.21. The van der Waals surface area contributed by atoms with Crippen molar-refractivity contribution < 1.29 is 5.11 Å². The fourth-order valence-electron chi connectivity index (χ4n) is 1.88. The van der Waals surface area contributed by atoms with Crippen molar-refractivity contribution >= 4 is 0 Å².